The second-order valence-electron chi connectivity index (χ2n) is 8.71. The lowest BCUT2D eigenvalue weighted by Gasteiger charge is -2.30. The number of aromatic nitrogens is 1. The average molecular weight is 444 g/mol. The summed E-state index contributed by atoms with van der Waals surface area (Å²) < 4.78 is 11.0. The number of ether oxygens (including phenoxy) is 2. The predicted molar refractivity (Wildman–Crippen MR) is 121 cm³/mol. The maximum atomic E-state index is 12.8. The van der Waals surface area contributed by atoms with Crippen LogP contribution in [0.1, 0.15) is 67.2 Å². The molecule has 0 spiro atoms. The molecule has 7 heteroatoms. The van der Waals surface area contributed by atoms with E-state index in [1.807, 2.05) is 26.8 Å². The molecule has 0 saturated heterocycles. The summed E-state index contributed by atoms with van der Waals surface area (Å²) in [6.07, 6.45) is 0.398. The van der Waals surface area contributed by atoms with E-state index in [2.05, 4.69) is 26.0 Å². The maximum absolute atomic E-state index is 12.8. The van der Waals surface area contributed by atoms with Crippen LogP contribution in [-0.2, 0) is 9.53 Å². The number of ketones is 1. The first-order valence-electron chi connectivity index (χ1n) is 10.8. The van der Waals surface area contributed by atoms with Gasteiger partial charge in [-0.15, -0.1) is 0 Å². The summed E-state index contributed by atoms with van der Waals surface area (Å²) in [7, 11) is 1.32. The molecule has 0 bridgehead atoms. The van der Waals surface area contributed by atoms with Crippen LogP contribution >= 0.6 is 0 Å². The molecule has 7 nitrogen and oxygen atoms in total. The number of pyridine rings is 1. The highest BCUT2D eigenvalue weighted by Crippen LogP contribution is 2.33. The number of methoxy groups -OCH3 is 1. The smallest absolute Gasteiger partial charge is 0.309 e. The number of Topliss-reactive ketones (excluding diaryl/α,β-unsaturated/α-hetero) is 1. The molecule has 0 aliphatic rings. The van der Waals surface area contributed by atoms with E-state index in [-0.39, 0.29) is 28.7 Å². The highest BCUT2D eigenvalue weighted by Gasteiger charge is 2.32. The van der Waals surface area contributed by atoms with Crippen molar-refractivity contribution >= 4 is 11.8 Å². The van der Waals surface area contributed by atoms with Crippen molar-refractivity contribution in [1.29, 1.82) is 0 Å². The van der Waals surface area contributed by atoms with E-state index in [0.29, 0.717) is 0 Å². The van der Waals surface area contributed by atoms with Crippen molar-refractivity contribution in [3.63, 3.8) is 0 Å². The molecule has 0 amide bonds. The Kier molecular flexibility index (Phi) is 8.25. The first-order chi connectivity index (χ1) is 15.0. The number of benzene rings is 1. The number of carbonyl (C=O) groups excluding carboxylic acids is 2. The predicted octanol–water partition coefficient (Wildman–Crippen LogP) is 4.23. The molecule has 0 saturated carbocycles. The molecule has 0 aliphatic heterocycles. The molecule has 32 heavy (non-hydrogen) atoms. The number of carbonyl (C=O) groups is 2. The molecular formula is C25H33NO6. The minimum absolute atomic E-state index is 0.00585. The Bertz CT molecular complexity index is 985. The lowest BCUT2D eigenvalue weighted by molar-refractivity contribution is -0.608. The van der Waals surface area contributed by atoms with Crippen LogP contribution in [0.3, 0.4) is 0 Å². The minimum Gasteiger partial charge on any atom is -0.618 e. The van der Waals surface area contributed by atoms with Crippen molar-refractivity contribution in [3.05, 3.63) is 58.1 Å². The summed E-state index contributed by atoms with van der Waals surface area (Å²) in [6, 6.07) is 7.49. The molecule has 1 aromatic heterocycles. The van der Waals surface area contributed by atoms with Gasteiger partial charge in [0.15, 0.2) is 11.9 Å². The Hall–Kier alpha value is -3.09. The first-order valence-corrected chi connectivity index (χ1v) is 10.8. The summed E-state index contributed by atoms with van der Waals surface area (Å²) >= 11 is 0. The summed E-state index contributed by atoms with van der Waals surface area (Å²) in [5.74, 6) is -2.29. The van der Waals surface area contributed by atoms with Gasteiger partial charge in [-0.25, -0.2) is 0 Å². The number of rotatable bonds is 9. The van der Waals surface area contributed by atoms with Crippen LogP contribution in [0.4, 0.5) is 0 Å². The zero-order chi connectivity index (χ0) is 24.2. The lowest BCUT2D eigenvalue weighted by atomic mass is 9.82. The molecule has 174 valence electrons. The number of nitrogens with zero attached hydrogens (tertiary/aromatic N) is 1. The van der Waals surface area contributed by atoms with Crippen molar-refractivity contribution in [3.8, 4) is 11.5 Å². The van der Waals surface area contributed by atoms with Gasteiger partial charge in [0.2, 0.25) is 11.5 Å². The van der Waals surface area contributed by atoms with Crippen LogP contribution in [0, 0.1) is 30.9 Å². The molecule has 0 aliphatic carbocycles. The Labute approximate surface area is 189 Å². The van der Waals surface area contributed by atoms with Crippen LogP contribution in [0.25, 0.3) is 0 Å². The highest BCUT2D eigenvalue weighted by molar-refractivity contribution is 5.98. The maximum Gasteiger partial charge on any atom is 0.309 e. The third-order valence-corrected chi connectivity index (χ3v) is 5.73. The monoisotopic (exact) mass is 443 g/mol. The van der Waals surface area contributed by atoms with E-state index in [1.54, 1.807) is 6.92 Å². The summed E-state index contributed by atoms with van der Waals surface area (Å²) in [6.45, 7) is 11.7. The van der Waals surface area contributed by atoms with E-state index in [4.69, 9.17) is 9.47 Å². The van der Waals surface area contributed by atoms with Crippen molar-refractivity contribution < 1.29 is 28.9 Å². The second-order valence-corrected chi connectivity index (χ2v) is 8.71. The van der Waals surface area contributed by atoms with Crippen LogP contribution in [0.15, 0.2) is 30.5 Å². The van der Waals surface area contributed by atoms with Gasteiger partial charge in [-0.3, -0.25) is 9.59 Å². The van der Waals surface area contributed by atoms with E-state index in [0.717, 1.165) is 17.3 Å². The quantitative estimate of drug-likeness (QED) is 0.269. The first kappa shape index (κ1) is 25.2. The Morgan fingerprint density at radius 2 is 1.78 bits per heavy atom. The van der Waals surface area contributed by atoms with E-state index in [9.17, 15) is 19.9 Å². The molecule has 0 unspecified atom stereocenters. The van der Waals surface area contributed by atoms with Crippen LogP contribution in [0.5, 0.6) is 11.5 Å². The fourth-order valence-corrected chi connectivity index (χ4v) is 4.11. The molecular weight excluding hydrogens is 410 g/mol. The largest absolute Gasteiger partial charge is 0.618 e. The number of esters is 1. The molecule has 0 radical (unpaired) electrons. The fourth-order valence-electron chi connectivity index (χ4n) is 4.11. The Balaban J connectivity index is 2.15. The van der Waals surface area contributed by atoms with Gasteiger partial charge in [0.1, 0.15) is 6.10 Å². The summed E-state index contributed by atoms with van der Waals surface area (Å²) in [5, 5.41) is 22.2. The fraction of sp³-hybridized carbons (Fsp3) is 0.480. The van der Waals surface area contributed by atoms with Gasteiger partial charge < -0.3 is 19.8 Å². The average Bonchev–Trinajstić information content (AvgIpc) is 2.69. The molecule has 2 aromatic rings. The molecule has 1 N–H and O–H groups in total. The van der Waals surface area contributed by atoms with Gasteiger partial charge in [-0.2, -0.15) is 4.73 Å². The molecule has 0 fully saturated rings. The topological polar surface area (TPSA) is 99.8 Å². The molecule has 3 atom stereocenters. The second kappa shape index (κ2) is 10.5. The number of aromatic hydroxyl groups is 1. The van der Waals surface area contributed by atoms with Crippen LogP contribution in [-0.4, -0.2) is 30.1 Å². The third-order valence-electron chi connectivity index (χ3n) is 5.73. The van der Waals surface area contributed by atoms with Crippen molar-refractivity contribution in [2.24, 2.45) is 11.8 Å². The SMILES string of the molecule is COc1cc[n+]([O-])c(C(=O)C[C@@H](C)C(=O)O[C@@H](C)[C@@H](c2ccc(C)cc2C)C(C)C)c1O. The van der Waals surface area contributed by atoms with Crippen molar-refractivity contribution in [1.82, 2.24) is 0 Å². The van der Waals surface area contributed by atoms with E-state index in [1.165, 1.54) is 18.7 Å². The van der Waals surface area contributed by atoms with E-state index < -0.39 is 35.2 Å². The van der Waals surface area contributed by atoms with Gasteiger partial charge >= 0.3 is 11.7 Å². The van der Waals surface area contributed by atoms with Gasteiger partial charge in [0, 0.05) is 18.4 Å². The molecule has 2 rings (SSSR count). The number of hydrogen-bond donors (Lipinski definition) is 1. The number of aryl methyl sites for hydroxylation is 2. The molecule has 1 aromatic carbocycles. The van der Waals surface area contributed by atoms with Crippen LogP contribution < -0.4 is 9.47 Å². The highest BCUT2D eigenvalue weighted by atomic mass is 16.5. The molecule has 1 heterocycles. The summed E-state index contributed by atoms with van der Waals surface area (Å²) in [5.41, 5.74) is 2.99. The van der Waals surface area contributed by atoms with Gasteiger partial charge in [0.25, 0.3) is 0 Å². The van der Waals surface area contributed by atoms with Crippen molar-refractivity contribution in [2.45, 2.75) is 60.0 Å². The Morgan fingerprint density at radius 1 is 1.12 bits per heavy atom. The summed E-state index contributed by atoms with van der Waals surface area (Å²) in [4.78, 5) is 25.4. The van der Waals surface area contributed by atoms with Gasteiger partial charge in [-0.05, 0) is 37.8 Å². The van der Waals surface area contributed by atoms with Crippen LogP contribution in [0.2, 0.25) is 0 Å². The number of hydrogen-bond acceptors (Lipinski definition) is 6. The van der Waals surface area contributed by atoms with Gasteiger partial charge in [0.05, 0.1) is 13.0 Å². The zero-order valence-corrected chi connectivity index (χ0v) is 19.8. The minimum atomic E-state index is -0.789. The van der Waals surface area contributed by atoms with Gasteiger partial charge in [-0.1, -0.05) is 44.5 Å². The normalized spacial score (nSPS) is 14.0. The zero-order valence-electron chi connectivity index (χ0n) is 19.8. The van der Waals surface area contributed by atoms with Crippen molar-refractivity contribution in [2.75, 3.05) is 7.11 Å². The third kappa shape index (κ3) is 5.58. The Morgan fingerprint density at radius 3 is 2.34 bits per heavy atom. The standard InChI is InChI=1S/C25H33NO6/c1-14(2)22(19-9-8-15(3)12-16(19)4)18(6)32-25(29)17(5)13-20(27)23-24(28)21(31-7)10-11-26(23)30/h8-12,14,17-18,22,28H,13H2,1-7H3/t17-,18+,22+/m1/s1. The van der Waals surface area contributed by atoms with E-state index >= 15 is 0 Å². The lowest BCUT2D eigenvalue weighted by Crippen LogP contribution is -2.35.